The van der Waals surface area contributed by atoms with Gasteiger partial charge in [-0.1, -0.05) is 11.2 Å². The van der Waals surface area contributed by atoms with Gasteiger partial charge >= 0.3 is 0 Å². The number of aromatic nitrogens is 3. The summed E-state index contributed by atoms with van der Waals surface area (Å²) in [6, 6.07) is 11.3. The number of rotatable bonds is 6. The summed E-state index contributed by atoms with van der Waals surface area (Å²) in [5.41, 5.74) is 1.87. The molecule has 1 aromatic carbocycles. The van der Waals surface area contributed by atoms with Gasteiger partial charge in [0.05, 0.1) is 13.2 Å². The fraction of sp³-hybridized carbons (Fsp3) is 0.333. The van der Waals surface area contributed by atoms with Crippen LogP contribution in [0, 0.1) is 0 Å². The van der Waals surface area contributed by atoms with Crippen LogP contribution in [-0.4, -0.2) is 52.7 Å². The van der Waals surface area contributed by atoms with Crippen molar-refractivity contribution in [1.82, 2.24) is 25.3 Å². The minimum Gasteiger partial charge on any atom is -0.497 e. The van der Waals surface area contributed by atoms with Crippen LogP contribution in [-0.2, 0) is 11.2 Å². The van der Waals surface area contributed by atoms with Gasteiger partial charge in [-0.05, 0) is 35.9 Å². The normalized spacial score (nSPS) is 16.0. The number of carbonyl (C=O) groups excluding carboxylic acids is 1. The van der Waals surface area contributed by atoms with Crippen molar-refractivity contribution in [2.45, 2.75) is 18.9 Å². The minimum atomic E-state index is -0.0116. The summed E-state index contributed by atoms with van der Waals surface area (Å²) in [6.45, 7) is 2.17. The van der Waals surface area contributed by atoms with E-state index in [-0.39, 0.29) is 24.4 Å². The molecule has 1 aliphatic heterocycles. The number of nitrogens with one attached hydrogen (secondary N) is 1. The van der Waals surface area contributed by atoms with E-state index in [2.05, 4.69) is 20.4 Å². The molecule has 2 aromatic heterocycles. The van der Waals surface area contributed by atoms with E-state index in [1.54, 1.807) is 13.3 Å². The van der Waals surface area contributed by atoms with E-state index in [0.29, 0.717) is 31.1 Å². The maximum Gasteiger partial charge on any atom is 0.227 e. The quantitative estimate of drug-likeness (QED) is 0.643. The second-order valence-corrected chi connectivity index (χ2v) is 6.83. The van der Waals surface area contributed by atoms with Crippen LogP contribution < -0.4 is 10.1 Å². The third-order valence-corrected chi connectivity index (χ3v) is 5.00. The van der Waals surface area contributed by atoms with E-state index in [1.165, 1.54) is 0 Å². The minimum absolute atomic E-state index is 0. The average molecular weight is 430 g/mol. The lowest BCUT2D eigenvalue weighted by atomic mass is 10.0. The van der Waals surface area contributed by atoms with Gasteiger partial charge in [0.1, 0.15) is 5.75 Å². The SMILES string of the molecule is COc1ccc(-c2noc(CCC(=O)N3CCNCC3c3cccnc3)n2)cc1.Cl. The molecule has 1 amide bonds. The number of methoxy groups -OCH3 is 1. The molecule has 1 aliphatic rings. The Kier molecular flexibility index (Phi) is 7.37. The van der Waals surface area contributed by atoms with Crippen LogP contribution in [0.4, 0.5) is 0 Å². The number of halogens is 1. The van der Waals surface area contributed by atoms with Crippen LogP contribution in [0.5, 0.6) is 5.75 Å². The third kappa shape index (κ3) is 4.95. The van der Waals surface area contributed by atoms with Gasteiger partial charge in [0, 0.05) is 50.4 Å². The van der Waals surface area contributed by atoms with Gasteiger partial charge < -0.3 is 19.5 Å². The summed E-state index contributed by atoms with van der Waals surface area (Å²) in [5, 5.41) is 7.37. The fourth-order valence-electron chi connectivity index (χ4n) is 3.44. The molecule has 0 bridgehead atoms. The van der Waals surface area contributed by atoms with Crippen molar-refractivity contribution >= 4 is 18.3 Å². The van der Waals surface area contributed by atoms with Crippen LogP contribution in [0.3, 0.4) is 0 Å². The number of nitrogens with zero attached hydrogens (tertiary/aromatic N) is 4. The van der Waals surface area contributed by atoms with Crippen molar-refractivity contribution in [2.24, 2.45) is 0 Å². The first-order chi connectivity index (χ1) is 14.2. The molecule has 1 N–H and O–H groups in total. The van der Waals surface area contributed by atoms with Gasteiger partial charge in [-0.3, -0.25) is 9.78 Å². The summed E-state index contributed by atoms with van der Waals surface area (Å²) >= 11 is 0. The molecule has 1 atom stereocenters. The van der Waals surface area contributed by atoms with Crippen LogP contribution in [0.1, 0.15) is 23.9 Å². The monoisotopic (exact) mass is 429 g/mol. The van der Waals surface area contributed by atoms with Gasteiger partial charge in [-0.15, -0.1) is 12.4 Å². The molecule has 9 heteroatoms. The highest BCUT2D eigenvalue weighted by molar-refractivity contribution is 5.85. The molecule has 1 fully saturated rings. The average Bonchev–Trinajstić information content (AvgIpc) is 3.27. The number of pyridine rings is 1. The molecule has 1 saturated heterocycles. The first-order valence-electron chi connectivity index (χ1n) is 9.61. The molecule has 0 saturated carbocycles. The number of hydrogen-bond donors (Lipinski definition) is 1. The molecule has 0 aliphatic carbocycles. The molecule has 1 unspecified atom stereocenters. The van der Waals surface area contributed by atoms with Crippen molar-refractivity contribution < 1.29 is 14.1 Å². The number of piperazine rings is 1. The van der Waals surface area contributed by atoms with E-state index in [4.69, 9.17) is 9.26 Å². The van der Waals surface area contributed by atoms with Crippen LogP contribution in [0.25, 0.3) is 11.4 Å². The van der Waals surface area contributed by atoms with Crippen molar-refractivity contribution in [3.05, 3.63) is 60.2 Å². The first kappa shape index (κ1) is 21.7. The van der Waals surface area contributed by atoms with Crippen molar-refractivity contribution in [3.8, 4) is 17.1 Å². The van der Waals surface area contributed by atoms with E-state index < -0.39 is 0 Å². The van der Waals surface area contributed by atoms with Crippen LogP contribution in [0.2, 0.25) is 0 Å². The molecular formula is C21H24ClN5O3. The Balaban J connectivity index is 0.00000256. The highest BCUT2D eigenvalue weighted by Crippen LogP contribution is 2.23. The van der Waals surface area contributed by atoms with Gasteiger partial charge in [-0.25, -0.2) is 0 Å². The summed E-state index contributed by atoms with van der Waals surface area (Å²) in [4.78, 5) is 23.4. The number of amides is 1. The molecule has 3 heterocycles. The number of carbonyl (C=O) groups is 1. The Morgan fingerprint density at radius 1 is 1.30 bits per heavy atom. The zero-order valence-electron chi connectivity index (χ0n) is 16.7. The van der Waals surface area contributed by atoms with E-state index in [0.717, 1.165) is 30.0 Å². The second-order valence-electron chi connectivity index (χ2n) is 6.83. The van der Waals surface area contributed by atoms with E-state index in [9.17, 15) is 4.79 Å². The standard InChI is InChI=1S/C21H23N5O3.ClH/c1-28-17-6-4-15(5-7-17)21-24-19(29-25-21)8-9-20(27)26-12-11-23-14-18(26)16-3-2-10-22-13-16;/h2-7,10,13,18,23H,8-9,11-12,14H2,1H3;1H. The Morgan fingerprint density at radius 3 is 2.87 bits per heavy atom. The smallest absolute Gasteiger partial charge is 0.227 e. The molecule has 0 radical (unpaired) electrons. The van der Waals surface area contributed by atoms with E-state index >= 15 is 0 Å². The maximum absolute atomic E-state index is 12.9. The Morgan fingerprint density at radius 2 is 2.13 bits per heavy atom. The summed E-state index contributed by atoms with van der Waals surface area (Å²) in [5.74, 6) is 1.80. The molecule has 0 spiro atoms. The Hall–Kier alpha value is -2.97. The lowest BCUT2D eigenvalue weighted by Gasteiger charge is -2.36. The summed E-state index contributed by atoms with van der Waals surface area (Å²) in [6.07, 6.45) is 4.28. The van der Waals surface area contributed by atoms with Crippen LogP contribution >= 0.6 is 12.4 Å². The number of hydrogen-bond acceptors (Lipinski definition) is 7. The van der Waals surface area contributed by atoms with Crippen molar-refractivity contribution in [2.75, 3.05) is 26.7 Å². The van der Waals surface area contributed by atoms with Gasteiger partial charge in [0.15, 0.2) is 0 Å². The molecule has 3 aromatic rings. The van der Waals surface area contributed by atoms with E-state index in [1.807, 2.05) is 47.5 Å². The topological polar surface area (TPSA) is 93.4 Å². The maximum atomic E-state index is 12.9. The fourth-order valence-corrected chi connectivity index (χ4v) is 3.44. The van der Waals surface area contributed by atoms with Gasteiger partial charge in [0.25, 0.3) is 0 Å². The number of aryl methyl sites for hydroxylation is 1. The Labute approximate surface area is 181 Å². The largest absolute Gasteiger partial charge is 0.497 e. The molecule has 8 nitrogen and oxygen atoms in total. The highest BCUT2D eigenvalue weighted by Gasteiger charge is 2.28. The number of benzene rings is 1. The molecular weight excluding hydrogens is 406 g/mol. The predicted octanol–water partition coefficient (Wildman–Crippen LogP) is 2.67. The van der Waals surface area contributed by atoms with Crippen LogP contribution in [0.15, 0.2) is 53.3 Å². The molecule has 4 rings (SSSR count). The van der Waals surface area contributed by atoms with Crippen molar-refractivity contribution in [3.63, 3.8) is 0 Å². The van der Waals surface area contributed by atoms with Crippen molar-refractivity contribution in [1.29, 1.82) is 0 Å². The van der Waals surface area contributed by atoms with Gasteiger partial charge in [-0.2, -0.15) is 4.98 Å². The highest BCUT2D eigenvalue weighted by atomic mass is 35.5. The zero-order chi connectivity index (χ0) is 20.1. The number of ether oxygens (including phenoxy) is 1. The molecule has 158 valence electrons. The zero-order valence-corrected chi connectivity index (χ0v) is 17.5. The predicted molar refractivity (Wildman–Crippen MR) is 113 cm³/mol. The third-order valence-electron chi connectivity index (χ3n) is 5.00. The Bertz CT molecular complexity index is 949. The molecule has 30 heavy (non-hydrogen) atoms. The summed E-state index contributed by atoms with van der Waals surface area (Å²) < 4.78 is 10.5. The lowest BCUT2D eigenvalue weighted by molar-refractivity contribution is -0.134. The lowest BCUT2D eigenvalue weighted by Crippen LogP contribution is -2.48. The first-order valence-corrected chi connectivity index (χ1v) is 9.61. The second kappa shape index (κ2) is 10.2. The van der Waals surface area contributed by atoms with Gasteiger partial charge in [0.2, 0.25) is 17.6 Å². The summed E-state index contributed by atoms with van der Waals surface area (Å²) in [7, 11) is 1.62.